The molecule has 3 heteroatoms. The van der Waals surface area contributed by atoms with Gasteiger partial charge in [0.2, 0.25) is 0 Å². The first-order valence-corrected chi connectivity index (χ1v) is 8.82. The molecule has 3 unspecified atom stereocenters. The summed E-state index contributed by atoms with van der Waals surface area (Å²) in [6.45, 7) is 8.98. The first kappa shape index (κ1) is 10.6. The summed E-state index contributed by atoms with van der Waals surface area (Å²) < 4.78 is 11.8. The van der Waals surface area contributed by atoms with Gasteiger partial charge in [-0.25, -0.2) is 0 Å². The summed E-state index contributed by atoms with van der Waals surface area (Å²) in [4.78, 5) is 0. The number of hydrogen-bond donors (Lipinski definition) is 0. The number of fused-ring (bicyclic) bond motifs is 1. The molecule has 1 saturated carbocycles. The van der Waals surface area contributed by atoms with Crippen LogP contribution in [0, 0.1) is 0 Å². The molecular weight excluding hydrogens is 192 g/mol. The Balaban J connectivity index is 1.98. The highest BCUT2D eigenvalue weighted by atomic mass is 28.4. The van der Waals surface area contributed by atoms with Crippen LogP contribution in [0.1, 0.15) is 33.1 Å². The summed E-state index contributed by atoms with van der Waals surface area (Å²) in [6.07, 6.45) is 5.47. The van der Waals surface area contributed by atoms with Gasteiger partial charge in [0.1, 0.15) is 0 Å². The van der Waals surface area contributed by atoms with E-state index in [1.807, 2.05) is 0 Å². The monoisotopic (exact) mass is 214 g/mol. The normalized spacial score (nSPS) is 37.1. The average Bonchev–Trinajstić information content (AvgIpc) is 2.78. The van der Waals surface area contributed by atoms with Crippen molar-refractivity contribution in [3.8, 4) is 0 Å². The Hall–Kier alpha value is 0.137. The van der Waals surface area contributed by atoms with Crippen LogP contribution in [0.4, 0.5) is 0 Å². The molecule has 2 nitrogen and oxygen atoms in total. The van der Waals surface area contributed by atoms with Crippen LogP contribution in [0.3, 0.4) is 0 Å². The molecule has 1 heterocycles. The number of ether oxygens (including phenoxy) is 1. The lowest BCUT2D eigenvalue weighted by atomic mass is 10.0. The topological polar surface area (TPSA) is 21.8 Å². The SMILES string of the molecule is CC(C)O[Si](C)(C)C1CCCC2OC21. The third kappa shape index (κ3) is 2.04. The molecule has 3 atom stereocenters. The van der Waals surface area contributed by atoms with E-state index in [2.05, 4.69) is 26.9 Å². The van der Waals surface area contributed by atoms with Crippen LogP contribution < -0.4 is 0 Å². The van der Waals surface area contributed by atoms with Crippen molar-refractivity contribution in [3.05, 3.63) is 0 Å². The lowest BCUT2D eigenvalue weighted by Gasteiger charge is -2.34. The van der Waals surface area contributed by atoms with Crippen molar-refractivity contribution in [1.29, 1.82) is 0 Å². The molecule has 0 aromatic heterocycles. The molecule has 0 spiro atoms. The van der Waals surface area contributed by atoms with Gasteiger partial charge in [-0.3, -0.25) is 0 Å². The Kier molecular flexibility index (Phi) is 2.75. The molecule has 0 aromatic rings. The van der Waals surface area contributed by atoms with Crippen molar-refractivity contribution in [3.63, 3.8) is 0 Å². The Bertz CT molecular complexity index is 215. The molecule has 2 aliphatic rings. The summed E-state index contributed by atoms with van der Waals surface area (Å²) in [6, 6.07) is 0. The fourth-order valence-corrected chi connectivity index (χ4v) is 6.26. The molecule has 2 fully saturated rings. The molecule has 2 rings (SSSR count). The summed E-state index contributed by atoms with van der Waals surface area (Å²) in [7, 11) is -1.51. The number of rotatable bonds is 3. The van der Waals surface area contributed by atoms with Crippen LogP contribution in [0.5, 0.6) is 0 Å². The molecule has 0 N–H and O–H groups in total. The van der Waals surface area contributed by atoms with Crippen molar-refractivity contribution in [2.45, 2.75) is 70.1 Å². The fraction of sp³-hybridized carbons (Fsp3) is 1.00. The predicted molar refractivity (Wildman–Crippen MR) is 60.0 cm³/mol. The standard InChI is InChI=1S/C11H22O2Si/c1-8(2)13-14(3,4)10-7-5-6-9-11(10)12-9/h8-11H,5-7H2,1-4H3. The van der Waals surface area contributed by atoms with Gasteiger partial charge in [0.15, 0.2) is 8.32 Å². The van der Waals surface area contributed by atoms with Crippen LogP contribution in [0.2, 0.25) is 18.6 Å². The van der Waals surface area contributed by atoms with Crippen molar-refractivity contribution in [2.75, 3.05) is 0 Å². The van der Waals surface area contributed by atoms with Crippen molar-refractivity contribution in [2.24, 2.45) is 0 Å². The van der Waals surface area contributed by atoms with Crippen LogP contribution in [0.25, 0.3) is 0 Å². The van der Waals surface area contributed by atoms with E-state index in [4.69, 9.17) is 9.16 Å². The van der Waals surface area contributed by atoms with Crippen LogP contribution in [0.15, 0.2) is 0 Å². The van der Waals surface area contributed by atoms with E-state index in [-0.39, 0.29) is 0 Å². The molecule has 82 valence electrons. The number of epoxide rings is 1. The third-order valence-corrected chi connectivity index (χ3v) is 6.94. The summed E-state index contributed by atoms with van der Waals surface area (Å²) >= 11 is 0. The highest BCUT2D eigenvalue weighted by Crippen LogP contribution is 2.49. The molecule has 0 amide bonds. The second-order valence-corrected chi connectivity index (χ2v) is 9.63. The molecule has 0 aromatic carbocycles. The zero-order valence-electron chi connectivity index (χ0n) is 9.75. The maximum Gasteiger partial charge on any atom is 0.192 e. The van der Waals surface area contributed by atoms with Gasteiger partial charge < -0.3 is 9.16 Å². The Morgan fingerprint density at radius 2 is 2.00 bits per heavy atom. The maximum absolute atomic E-state index is 6.13. The smallest absolute Gasteiger partial charge is 0.192 e. The van der Waals surface area contributed by atoms with E-state index in [1.165, 1.54) is 19.3 Å². The van der Waals surface area contributed by atoms with Crippen molar-refractivity contribution >= 4 is 8.32 Å². The quantitative estimate of drug-likeness (QED) is 0.532. The first-order chi connectivity index (χ1) is 6.50. The number of hydrogen-bond acceptors (Lipinski definition) is 2. The average molecular weight is 214 g/mol. The van der Waals surface area contributed by atoms with E-state index >= 15 is 0 Å². The maximum atomic E-state index is 6.13. The van der Waals surface area contributed by atoms with E-state index in [0.29, 0.717) is 18.3 Å². The van der Waals surface area contributed by atoms with E-state index in [0.717, 1.165) is 5.54 Å². The molecule has 1 saturated heterocycles. The van der Waals surface area contributed by atoms with Crippen LogP contribution >= 0.6 is 0 Å². The molecule has 1 aliphatic heterocycles. The second-order valence-electron chi connectivity index (χ2n) is 5.45. The minimum Gasteiger partial charge on any atom is -0.415 e. The Morgan fingerprint density at radius 1 is 1.29 bits per heavy atom. The molecule has 1 aliphatic carbocycles. The summed E-state index contributed by atoms with van der Waals surface area (Å²) in [5.41, 5.74) is 0.739. The van der Waals surface area contributed by atoms with Crippen molar-refractivity contribution < 1.29 is 9.16 Å². The van der Waals surface area contributed by atoms with Crippen LogP contribution in [-0.2, 0) is 9.16 Å². The summed E-state index contributed by atoms with van der Waals surface area (Å²) in [5, 5.41) is 0. The molecule has 0 radical (unpaired) electrons. The van der Waals surface area contributed by atoms with Gasteiger partial charge in [-0.15, -0.1) is 0 Å². The highest BCUT2D eigenvalue weighted by molar-refractivity contribution is 6.73. The van der Waals surface area contributed by atoms with Gasteiger partial charge in [0, 0.05) is 11.6 Å². The van der Waals surface area contributed by atoms with Gasteiger partial charge in [-0.1, -0.05) is 6.42 Å². The lowest BCUT2D eigenvalue weighted by molar-refractivity contribution is 0.218. The van der Waals surface area contributed by atoms with E-state index in [9.17, 15) is 0 Å². The van der Waals surface area contributed by atoms with E-state index < -0.39 is 8.32 Å². The van der Waals surface area contributed by atoms with Gasteiger partial charge in [-0.05, 0) is 39.8 Å². The zero-order valence-corrected chi connectivity index (χ0v) is 10.7. The second kappa shape index (κ2) is 3.61. The third-order valence-electron chi connectivity index (χ3n) is 3.45. The minimum absolute atomic E-state index is 0.371. The van der Waals surface area contributed by atoms with Gasteiger partial charge >= 0.3 is 0 Å². The molecule has 14 heavy (non-hydrogen) atoms. The highest BCUT2D eigenvalue weighted by Gasteiger charge is 2.54. The Morgan fingerprint density at radius 3 is 2.64 bits per heavy atom. The fourth-order valence-electron chi connectivity index (χ4n) is 2.88. The van der Waals surface area contributed by atoms with Gasteiger partial charge in [0.05, 0.1) is 12.2 Å². The van der Waals surface area contributed by atoms with Gasteiger partial charge in [0.25, 0.3) is 0 Å². The summed E-state index contributed by atoms with van der Waals surface area (Å²) in [5.74, 6) is 0. The minimum atomic E-state index is -1.51. The molecular formula is C11H22O2Si. The Labute approximate surface area is 88.1 Å². The van der Waals surface area contributed by atoms with Crippen LogP contribution in [-0.4, -0.2) is 26.6 Å². The lowest BCUT2D eigenvalue weighted by Crippen LogP contribution is -2.42. The van der Waals surface area contributed by atoms with Gasteiger partial charge in [-0.2, -0.15) is 0 Å². The first-order valence-electron chi connectivity index (χ1n) is 5.84. The zero-order chi connectivity index (χ0) is 10.3. The predicted octanol–water partition coefficient (Wildman–Crippen LogP) is 2.94. The van der Waals surface area contributed by atoms with Crippen molar-refractivity contribution in [1.82, 2.24) is 0 Å². The largest absolute Gasteiger partial charge is 0.415 e. The molecule has 0 bridgehead atoms. The van der Waals surface area contributed by atoms with E-state index in [1.54, 1.807) is 0 Å².